The van der Waals surface area contributed by atoms with Crippen molar-refractivity contribution in [1.29, 1.82) is 0 Å². The first kappa shape index (κ1) is 24.8. The highest BCUT2D eigenvalue weighted by Crippen LogP contribution is 2.19. The largest absolute Gasteiger partial charge is 0.480 e. The van der Waals surface area contributed by atoms with Crippen LogP contribution >= 0.6 is 0 Å². The van der Waals surface area contributed by atoms with E-state index in [-0.39, 0.29) is 25.3 Å². The molecule has 1 saturated heterocycles. The molecule has 1 unspecified atom stereocenters. The quantitative estimate of drug-likeness (QED) is 0.586. The van der Waals surface area contributed by atoms with Crippen LogP contribution in [0.5, 0.6) is 5.75 Å². The molecule has 1 fully saturated rings. The molecule has 0 aromatic heterocycles. The molecular weight excluding hydrogens is 438 g/mol. The number of Topliss-reactive ketones (excluding diaryl/α,β-unsaturated/α-hetero) is 1. The fourth-order valence-electron chi connectivity index (χ4n) is 3.91. The zero-order valence-corrected chi connectivity index (χ0v) is 19.1. The van der Waals surface area contributed by atoms with Gasteiger partial charge < -0.3 is 25.0 Å². The van der Waals surface area contributed by atoms with E-state index in [0.717, 1.165) is 5.56 Å². The summed E-state index contributed by atoms with van der Waals surface area (Å²) in [4.78, 5) is 52.8. The topological polar surface area (TPSA) is 116 Å². The lowest BCUT2D eigenvalue weighted by Gasteiger charge is -2.30. The SMILES string of the molecule is CCN(CC(=O)C(Cc1ccccc1)NC(=O)Oc1ccccc1)C(=O)N1CCC[C@H]1C(=O)O. The molecule has 9 heteroatoms. The Morgan fingerprint density at radius 1 is 1.09 bits per heavy atom. The number of rotatable bonds is 9. The first-order valence-corrected chi connectivity index (χ1v) is 11.3. The number of nitrogens with zero attached hydrogens (tertiary/aromatic N) is 2. The number of ketones is 1. The fourth-order valence-corrected chi connectivity index (χ4v) is 3.91. The number of hydrogen-bond acceptors (Lipinski definition) is 5. The summed E-state index contributed by atoms with van der Waals surface area (Å²) in [5, 5.41) is 12.0. The van der Waals surface area contributed by atoms with Gasteiger partial charge in [0.1, 0.15) is 11.8 Å². The van der Waals surface area contributed by atoms with Crippen molar-refractivity contribution in [2.45, 2.75) is 38.3 Å². The second-order valence-electron chi connectivity index (χ2n) is 8.04. The van der Waals surface area contributed by atoms with Gasteiger partial charge in [-0.2, -0.15) is 0 Å². The number of carboxylic acid groups (broad SMARTS) is 1. The summed E-state index contributed by atoms with van der Waals surface area (Å²) in [6, 6.07) is 15.4. The summed E-state index contributed by atoms with van der Waals surface area (Å²) in [6.07, 6.45) is 0.422. The van der Waals surface area contributed by atoms with Crippen molar-refractivity contribution in [3.63, 3.8) is 0 Å². The van der Waals surface area contributed by atoms with E-state index < -0.39 is 30.2 Å². The van der Waals surface area contributed by atoms with E-state index in [2.05, 4.69) is 5.32 Å². The molecule has 34 heavy (non-hydrogen) atoms. The lowest BCUT2D eigenvalue weighted by Crippen LogP contribution is -2.52. The van der Waals surface area contributed by atoms with Crippen LogP contribution in [0.3, 0.4) is 0 Å². The summed E-state index contributed by atoms with van der Waals surface area (Å²) in [5.74, 6) is -1.10. The van der Waals surface area contributed by atoms with Gasteiger partial charge in [0.2, 0.25) is 0 Å². The molecule has 2 atom stereocenters. The van der Waals surface area contributed by atoms with E-state index in [1.807, 2.05) is 30.3 Å². The lowest BCUT2D eigenvalue weighted by molar-refractivity contribution is -0.141. The van der Waals surface area contributed by atoms with Gasteiger partial charge in [0, 0.05) is 13.1 Å². The van der Waals surface area contributed by atoms with Gasteiger partial charge in [-0.05, 0) is 43.9 Å². The third-order valence-corrected chi connectivity index (χ3v) is 5.70. The maximum Gasteiger partial charge on any atom is 0.413 e. The Morgan fingerprint density at radius 3 is 2.35 bits per heavy atom. The van der Waals surface area contributed by atoms with E-state index in [4.69, 9.17) is 4.74 Å². The van der Waals surface area contributed by atoms with Crippen LogP contribution in [0.4, 0.5) is 9.59 Å². The maximum atomic E-state index is 13.2. The molecule has 2 N–H and O–H groups in total. The minimum atomic E-state index is -1.06. The highest BCUT2D eigenvalue weighted by molar-refractivity contribution is 5.92. The van der Waals surface area contributed by atoms with E-state index >= 15 is 0 Å². The molecule has 1 aliphatic heterocycles. The smallest absolute Gasteiger partial charge is 0.413 e. The van der Waals surface area contributed by atoms with Crippen LogP contribution in [0.15, 0.2) is 60.7 Å². The fraction of sp³-hybridized carbons (Fsp3) is 0.360. The summed E-state index contributed by atoms with van der Waals surface area (Å²) in [6.45, 7) is 2.01. The molecule has 0 spiro atoms. The third kappa shape index (κ3) is 6.57. The van der Waals surface area contributed by atoms with Crippen LogP contribution < -0.4 is 10.1 Å². The molecule has 0 radical (unpaired) electrons. The second kappa shape index (κ2) is 11.8. The molecule has 3 rings (SSSR count). The van der Waals surface area contributed by atoms with Crippen LogP contribution in [0, 0.1) is 0 Å². The van der Waals surface area contributed by atoms with Gasteiger partial charge in [-0.1, -0.05) is 48.5 Å². The number of carboxylic acids is 1. The number of carbonyl (C=O) groups is 4. The van der Waals surface area contributed by atoms with Crippen molar-refractivity contribution < 1.29 is 29.0 Å². The van der Waals surface area contributed by atoms with Gasteiger partial charge >= 0.3 is 18.1 Å². The molecule has 0 aliphatic carbocycles. The minimum absolute atomic E-state index is 0.219. The van der Waals surface area contributed by atoms with Crippen LogP contribution in [-0.2, 0) is 16.0 Å². The average Bonchev–Trinajstić information content (AvgIpc) is 3.33. The van der Waals surface area contributed by atoms with E-state index in [1.165, 1.54) is 9.80 Å². The van der Waals surface area contributed by atoms with Crippen molar-refractivity contribution in [3.05, 3.63) is 66.2 Å². The summed E-state index contributed by atoms with van der Waals surface area (Å²) in [5.41, 5.74) is 0.834. The standard InChI is InChI=1S/C25H29N3O6/c1-2-27(25(33)28-15-9-14-21(28)23(30)31)17-22(29)20(16-18-10-5-3-6-11-18)26-24(32)34-19-12-7-4-8-13-19/h3-8,10-13,20-21H,2,9,14-17H2,1H3,(H,26,32)(H,30,31)/t20?,21-/m0/s1. The molecule has 2 aromatic carbocycles. The zero-order valence-electron chi connectivity index (χ0n) is 19.1. The van der Waals surface area contributed by atoms with Gasteiger partial charge in [0.15, 0.2) is 5.78 Å². The molecule has 1 heterocycles. The maximum absolute atomic E-state index is 13.2. The molecule has 0 saturated carbocycles. The van der Waals surface area contributed by atoms with Gasteiger partial charge in [-0.3, -0.25) is 4.79 Å². The molecule has 3 amide bonds. The lowest BCUT2D eigenvalue weighted by atomic mass is 10.0. The highest BCUT2D eigenvalue weighted by Gasteiger charge is 2.37. The number of nitrogens with one attached hydrogen (secondary N) is 1. The summed E-state index contributed by atoms with van der Waals surface area (Å²) in [7, 11) is 0. The minimum Gasteiger partial charge on any atom is -0.480 e. The molecule has 0 bridgehead atoms. The number of carbonyl (C=O) groups excluding carboxylic acids is 3. The molecule has 1 aliphatic rings. The number of amides is 3. The number of benzene rings is 2. The van der Waals surface area contributed by atoms with E-state index in [1.54, 1.807) is 37.3 Å². The van der Waals surface area contributed by atoms with E-state index in [0.29, 0.717) is 25.1 Å². The molecule has 2 aromatic rings. The van der Waals surface area contributed by atoms with Crippen LogP contribution in [-0.4, -0.2) is 70.5 Å². The van der Waals surface area contributed by atoms with Gasteiger partial charge in [0.25, 0.3) is 0 Å². The number of urea groups is 1. The number of aliphatic carboxylic acids is 1. The number of likely N-dealkylation sites (N-methyl/N-ethyl adjacent to an activating group) is 1. The third-order valence-electron chi connectivity index (χ3n) is 5.70. The Kier molecular flexibility index (Phi) is 8.61. The Morgan fingerprint density at radius 2 is 1.74 bits per heavy atom. The zero-order chi connectivity index (χ0) is 24.5. The van der Waals surface area contributed by atoms with Crippen molar-refractivity contribution in [2.24, 2.45) is 0 Å². The van der Waals surface area contributed by atoms with Crippen LogP contribution in [0.2, 0.25) is 0 Å². The highest BCUT2D eigenvalue weighted by atomic mass is 16.6. The Balaban J connectivity index is 1.71. The Hall–Kier alpha value is -3.88. The Bertz CT molecular complexity index is 998. The number of hydrogen-bond donors (Lipinski definition) is 2. The van der Waals surface area contributed by atoms with Crippen LogP contribution in [0.25, 0.3) is 0 Å². The van der Waals surface area contributed by atoms with Gasteiger partial charge in [-0.25, -0.2) is 14.4 Å². The monoisotopic (exact) mass is 467 g/mol. The molecule has 180 valence electrons. The Labute approximate surface area is 198 Å². The van der Waals surface area contributed by atoms with E-state index in [9.17, 15) is 24.3 Å². The number of likely N-dealkylation sites (tertiary alicyclic amines) is 1. The second-order valence-corrected chi connectivity index (χ2v) is 8.04. The average molecular weight is 468 g/mol. The predicted molar refractivity (Wildman–Crippen MR) is 125 cm³/mol. The molecule has 9 nitrogen and oxygen atoms in total. The van der Waals surface area contributed by atoms with Gasteiger partial charge in [-0.15, -0.1) is 0 Å². The first-order chi connectivity index (χ1) is 16.4. The number of para-hydroxylation sites is 1. The first-order valence-electron chi connectivity index (χ1n) is 11.3. The van der Waals surface area contributed by atoms with Crippen molar-refractivity contribution in [1.82, 2.24) is 15.1 Å². The van der Waals surface area contributed by atoms with Crippen LogP contribution in [0.1, 0.15) is 25.3 Å². The van der Waals surface area contributed by atoms with Crippen molar-refractivity contribution in [2.75, 3.05) is 19.6 Å². The normalized spacial score (nSPS) is 15.9. The summed E-state index contributed by atoms with van der Waals surface area (Å²) >= 11 is 0. The summed E-state index contributed by atoms with van der Waals surface area (Å²) < 4.78 is 5.28. The van der Waals surface area contributed by atoms with Crippen molar-refractivity contribution >= 4 is 23.9 Å². The van der Waals surface area contributed by atoms with Gasteiger partial charge in [0.05, 0.1) is 12.6 Å². The predicted octanol–water partition coefficient (Wildman–Crippen LogP) is 2.95. The number of ether oxygens (including phenoxy) is 1. The molecular formula is C25H29N3O6. The van der Waals surface area contributed by atoms with Crippen molar-refractivity contribution in [3.8, 4) is 5.75 Å².